The maximum absolute atomic E-state index is 9.37. The Balaban J connectivity index is 1.80. The third kappa shape index (κ3) is 3.50. The van der Waals surface area contributed by atoms with Gasteiger partial charge in [-0.25, -0.2) is 4.98 Å². The Bertz CT molecular complexity index is 315. The van der Waals surface area contributed by atoms with E-state index < -0.39 is 0 Å². The van der Waals surface area contributed by atoms with E-state index in [9.17, 15) is 5.11 Å². The van der Waals surface area contributed by atoms with Crippen molar-refractivity contribution in [3.8, 4) is 0 Å². The van der Waals surface area contributed by atoms with Gasteiger partial charge in [-0.1, -0.05) is 12.8 Å². The van der Waals surface area contributed by atoms with Crippen LogP contribution in [-0.4, -0.2) is 23.2 Å². The number of rotatable bonds is 5. The predicted octanol–water partition coefficient (Wildman–Crippen LogP) is 2.59. The molecule has 1 fully saturated rings. The molecule has 1 aromatic rings. The third-order valence-corrected chi connectivity index (χ3v) is 4.77. The van der Waals surface area contributed by atoms with Crippen molar-refractivity contribution in [3.05, 3.63) is 16.6 Å². The summed E-state index contributed by atoms with van der Waals surface area (Å²) in [5.74, 6) is 1.14. The second-order valence-corrected chi connectivity index (χ2v) is 5.91. The summed E-state index contributed by atoms with van der Waals surface area (Å²) < 4.78 is 0. The molecule has 0 aromatic carbocycles. The van der Waals surface area contributed by atoms with Crippen molar-refractivity contribution in [2.24, 2.45) is 11.8 Å². The molecule has 4 heteroatoms. The molecule has 3 atom stereocenters. The number of thiazole rings is 1. The van der Waals surface area contributed by atoms with Crippen LogP contribution in [0.4, 0.5) is 0 Å². The van der Waals surface area contributed by atoms with E-state index >= 15 is 0 Å². The third-order valence-electron chi connectivity index (χ3n) is 3.81. The standard InChI is InChI=1S/C13H22N2OS/c1-10(13-14-6-7-17-13)15-8-11-4-2-3-5-12(11)9-16/h6-7,10-12,15-16H,2-5,8-9H2,1H3. The molecule has 2 N–H and O–H groups in total. The van der Waals surface area contributed by atoms with Crippen LogP contribution in [0.25, 0.3) is 0 Å². The number of hydrogen-bond donors (Lipinski definition) is 2. The minimum atomic E-state index is 0.330. The molecule has 96 valence electrons. The summed E-state index contributed by atoms with van der Waals surface area (Å²) in [6.45, 7) is 3.51. The van der Waals surface area contributed by atoms with E-state index in [4.69, 9.17) is 0 Å². The summed E-state index contributed by atoms with van der Waals surface area (Å²) in [5.41, 5.74) is 0. The number of hydrogen-bond acceptors (Lipinski definition) is 4. The first-order chi connectivity index (χ1) is 8.31. The zero-order valence-corrected chi connectivity index (χ0v) is 11.2. The molecule has 1 aliphatic carbocycles. The lowest BCUT2D eigenvalue weighted by molar-refractivity contribution is 0.131. The zero-order valence-electron chi connectivity index (χ0n) is 10.4. The first-order valence-corrected chi connectivity index (χ1v) is 7.43. The van der Waals surface area contributed by atoms with Gasteiger partial charge in [0.15, 0.2) is 0 Å². The van der Waals surface area contributed by atoms with Gasteiger partial charge in [-0.05, 0) is 38.1 Å². The van der Waals surface area contributed by atoms with Gasteiger partial charge in [-0.3, -0.25) is 0 Å². The molecule has 0 spiro atoms. The maximum atomic E-state index is 9.37. The Labute approximate surface area is 107 Å². The van der Waals surface area contributed by atoms with Gasteiger partial charge in [0, 0.05) is 18.2 Å². The van der Waals surface area contributed by atoms with Gasteiger partial charge < -0.3 is 10.4 Å². The molecule has 1 saturated carbocycles. The van der Waals surface area contributed by atoms with Crippen molar-refractivity contribution in [3.63, 3.8) is 0 Å². The highest BCUT2D eigenvalue weighted by Gasteiger charge is 2.24. The van der Waals surface area contributed by atoms with E-state index in [0.29, 0.717) is 24.5 Å². The number of nitrogens with one attached hydrogen (secondary N) is 1. The minimum Gasteiger partial charge on any atom is -0.396 e. The van der Waals surface area contributed by atoms with Gasteiger partial charge in [0.2, 0.25) is 0 Å². The second-order valence-electron chi connectivity index (χ2n) is 4.99. The Morgan fingerprint density at radius 1 is 1.47 bits per heavy atom. The van der Waals surface area contributed by atoms with Crippen LogP contribution in [0.3, 0.4) is 0 Å². The molecule has 1 heterocycles. The van der Waals surface area contributed by atoms with Gasteiger partial charge in [0.25, 0.3) is 0 Å². The molecule has 2 rings (SSSR count). The lowest BCUT2D eigenvalue weighted by Crippen LogP contribution is -2.33. The van der Waals surface area contributed by atoms with E-state index in [1.54, 1.807) is 11.3 Å². The van der Waals surface area contributed by atoms with E-state index in [1.807, 2.05) is 11.6 Å². The molecule has 0 saturated heterocycles. The molecule has 0 radical (unpaired) electrons. The highest BCUT2D eigenvalue weighted by Crippen LogP contribution is 2.29. The van der Waals surface area contributed by atoms with Crippen molar-refractivity contribution in [2.75, 3.05) is 13.2 Å². The number of aliphatic hydroxyl groups excluding tert-OH is 1. The number of aliphatic hydroxyl groups is 1. The van der Waals surface area contributed by atoms with Gasteiger partial charge in [0.1, 0.15) is 5.01 Å². The Kier molecular flexibility index (Phi) is 4.95. The SMILES string of the molecule is CC(NCC1CCCCC1CO)c1nccs1. The fraction of sp³-hybridized carbons (Fsp3) is 0.769. The van der Waals surface area contributed by atoms with Crippen molar-refractivity contribution >= 4 is 11.3 Å². The molecular formula is C13H22N2OS. The van der Waals surface area contributed by atoms with Crippen LogP contribution in [0.1, 0.15) is 43.7 Å². The van der Waals surface area contributed by atoms with Gasteiger partial charge in [0.05, 0.1) is 6.04 Å². The quantitative estimate of drug-likeness (QED) is 0.849. The van der Waals surface area contributed by atoms with Crippen molar-refractivity contribution < 1.29 is 5.11 Å². The average molecular weight is 254 g/mol. The lowest BCUT2D eigenvalue weighted by atomic mass is 9.79. The Morgan fingerprint density at radius 3 is 2.88 bits per heavy atom. The highest BCUT2D eigenvalue weighted by molar-refractivity contribution is 7.09. The normalized spacial score (nSPS) is 26.9. The van der Waals surface area contributed by atoms with Crippen LogP contribution in [0.15, 0.2) is 11.6 Å². The summed E-state index contributed by atoms with van der Waals surface area (Å²) in [6, 6.07) is 0.330. The maximum Gasteiger partial charge on any atom is 0.109 e. The lowest BCUT2D eigenvalue weighted by Gasteiger charge is -2.31. The second kappa shape index (κ2) is 6.47. The molecule has 0 amide bonds. The average Bonchev–Trinajstić information content (AvgIpc) is 2.90. The number of aromatic nitrogens is 1. The van der Waals surface area contributed by atoms with Crippen molar-refractivity contribution in [1.29, 1.82) is 0 Å². The molecule has 0 aliphatic heterocycles. The zero-order chi connectivity index (χ0) is 12.1. The first kappa shape index (κ1) is 13.0. The highest BCUT2D eigenvalue weighted by atomic mass is 32.1. The van der Waals surface area contributed by atoms with E-state index in [1.165, 1.54) is 25.7 Å². The van der Waals surface area contributed by atoms with Gasteiger partial charge >= 0.3 is 0 Å². The first-order valence-electron chi connectivity index (χ1n) is 6.55. The van der Waals surface area contributed by atoms with Crippen LogP contribution < -0.4 is 5.32 Å². The van der Waals surface area contributed by atoms with Crippen molar-refractivity contribution in [2.45, 2.75) is 38.6 Å². The molecule has 3 nitrogen and oxygen atoms in total. The predicted molar refractivity (Wildman–Crippen MR) is 71.1 cm³/mol. The van der Waals surface area contributed by atoms with E-state index in [-0.39, 0.29) is 0 Å². The number of nitrogens with zero attached hydrogens (tertiary/aromatic N) is 1. The van der Waals surface area contributed by atoms with Crippen LogP contribution in [0.2, 0.25) is 0 Å². The monoisotopic (exact) mass is 254 g/mol. The summed E-state index contributed by atoms with van der Waals surface area (Å²) in [6.07, 6.45) is 6.89. The van der Waals surface area contributed by atoms with Gasteiger partial charge in [-0.2, -0.15) is 0 Å². The van der Waals surface area contributed by atoms with Crippen LogP contribution in [0, 0.1) is 11.8 Å². The molecule has 17 heavy (non-hydrogen) atoms. The van der Waals surface area contributed by atoms with Crippen LogP contribution >= 0.6 is 11.3 Å². The molecular weight excluding hydrogens is 232 g/mol. The largest absolute Gasteiger partial charge is 0.396 e. The summed E-state index contributed by atoms with van der Waals surface area (Å²) in [4.78, 5) is 4.33. The summed E-state index contributed by atoms with van der Waals surface area (Å²) in [7, 11) is 0. The van der Waals surface area contributed by atoms with Gasteiger partial charge in [-0.15, -0.1) is 11.3 Å². The molecule has 0 bridgehead atoms. The summed E-state index contributed by atoms with van der Waals surface area (Å²) >= 11 is 1.70. The Morgan fingerprint density at radius 2 is 2.24 bits per heavy atom. The molecule has 3 unspecified atom stereocenters. The fourth-order valence-electron chi connectivity index (χ4n) is 2.66. The van der Waals surface area contributed by atoms with Crippen LogP contribution in [0.5, 0.6) is 0 Å². The summed E-state index contributed by atoms with van der Waals surface area (Å²) in [5, 5.41) is 16.1. The van der Waals surface area contributed by atoms with E-state index in [0.717, 1.165) is 11.6 Å². The fourth-order valence-corrected chi connectivity index (χ4v) is 3.33. The topological polar surface area (TPSA) is 45.1 Å². The smallest absolute Gasteiger partial charge is 0.109 e. The van der Waals surface area contributed by atoms with Crippen LogP contribution in [-0.2, 0) is 0 Å². The Hall–Kier alpha value is -0.450. The molecule has 1 aromatic heterocycles. The molecule has 1 aliphatic rings. The van der Waals surface area contributed by atoms with E-state index in [2.05, 4.69) is 17.2 Å². The minimum absolute atomic E-state index is 0.330. The van der Waals surface area contributed by atoms with Crippen molar-refractivity contribution in [1.82, 2.24) is 10.3 Å².